The first-order valence-corrected chi connectivity index (χ1v) is 5.42. The third kappa shape index (κ3) is 2.54. The van der Waals surface area contributed by atoms with Gasteiger partial charge >= 0.3 is 5.69 Å². The van der Waals surface area contributed by atoms with E-state index in [2.05, 4.69) is 5.32 Å². The number of para-hydroxylation sites is 1. The Morgan fingerprint density at radius 1 is 1.20 bits per heavy atom. The molecule has 0 aliphatic rings. The summed E-state index contributed by atoms with van der Waals surface area (Å²) in [6, 6.07) is 8.62. The van der Waals surface area contributed by atoms with E-state index in [1.54, 1.807) is 6.07 Å². The highest BCUT2D eigenvalue weighted by molar-refractivity contribution is 5.73. The second kappa shape index (κ2) is 5.32. The van der Waals surface area contributed by atoms with Gasteiger partial charge in [-0.25, -0.2) is 4.39 Å². The van der Waals surface area contributed by atoms with Crippen LogP contribution in [0.5, 0.6) is 0 Å². The van der Waals surface area contributed by atoms with Gasteiger partial charge in [-0.2, -0.15) is 9.65 Å². The highest BCUT2D eigenvalue weighted by Crippen LogP contribution is 2.31. The molecule has 0 spiro atoms. The molecule has 2 aromatic carbocycles. The number of hydrogen-bond donors (Lipinski definition) is 1. The van der Waals surface area contributed by atoms with Crippen LogP contribution >= 0.6 is 0 Å². The Labute approximate surface area is 112 Å². The first-order chi connectivity index (χ1) is 9.52. The molecule has 0 saturated carbocycles. The Bertz CT molecular complexity index is 726. The van der Waals surface area contributed by atoms with Crippen LogP contribution in [0.4, 0.5) is 25.8 Å². The minimum atomic E-state index is -0.999. The maximum Gasteiger partial charge on any atom is 0.327 e. The summed E-state index contributed by atoms with van der Waals surface area (Å²) in [5, 5.41) is 22.3. The molecule has 100 valence electrons. The maximum absolute atomic E-state index is 13.4. The molecule has 5 nitrogen and oxygen atoms in total. The number of halogens is 2. The van der Waals surface area contributed by atoms with Crippen molar-refractivity contribution in [3.63, 3.8) is 0 Å². The predicted molar refractivity (Wildman–Crippen MR) is 67.5 cm³/mol. The molecule has 0 heterocycles. The quantitative estimate of drug-likeness (QED) is 0.687. The van der Waals surface area contributed by atoms with Crippen molar-refractivity contribution in [2.45, 2.75) is 0 Å². The van der Waals surface area contributed by atoms with Crippen LogP contribution in [-0.2, 0) is 0 Å². The molecular weight excluding hydrogens is 268 g/mol. The van der Waals surface area contributed by atoms with Crippen LogP contribution in [0.3, 0.4) is 0 Å². The lowest BCUT2D eigenvalue weighted by Crippen LogP contribution is -2.01. The second-order valence-corrected chi connectivity index (χ2v) is 3.82. The lowest BCUT2D eigenvalue weighted by molar-refractivity contribution is -0.386. The van der Waals surface area contributed by atoms with Gasteiger partial charge in [0.2, 0.25) is 5.82 Å². The lowest BCUT2D eigenvalue weighted by Gasteiger charge is -2.09. The summed E-state index contributed by atoms with van der Waals surface area (Å²) in [6.45, 7) is 0. The number of nitrogens with one attached hydrogen (secondary N) is 1. The van der Waals surface area contributed by atoms with Gasteiger partial charge in [0.25, 0.3) is 0 Å². The van der Waals surface area contributed by atoms with E-state index in [1.165, 1.54) is 18.2 Å². The van der Waals surface area contributed by atoms with E-state index in [9.17, 15) is 18.9 Å². The molecule has 2 rings (SSSR count). The zero-order chi connectivity index (χ0) is 14.7. The third-order valence-electron chi connectivity index (χ3n) is 2.54. The summed E-state index contributed by atoms with van der Waals surface area (Å²) >= 11 is 0. The molecule has 20 heavy (non-hydrogen) atoms. The van der Waals surface area contributed by atoms with Gasteiger partial charge in [-0.05, 0) is 30.3 Å². The van der Waals surface area contributed by atoms with E-state index in [-0.39, 0.29) is 16.9 Å². The molecule has 0 unspecified atom stereocenters. The van der Waals surface area contributed by atoms with Gasteiger partial charge in [0.15, 0.2) is 0 Å². The van der Waals surface area contributed by atoms with E-state index in [4.69, 9.17) is 5.26 Å². The number of hydrogen-bond acceptors (Lipinski definition) is 4. The van der Waals surface area contributed by atoms with Crippen molar-refractivity contribution >= 4 is 17.1 Å². The van der Waals surface area contributed by atoms with Crippen LogP contribution < -0.4 is 5.32 Å². The fourth-order valence-electron chi connectivity index (χ4n) is 1.66. The molecule has 0 aliphatic carbocycles. The van der Waals surface area contributed by atoms with Crippen molar-refractivity contribution in [2.24, 2.45) is 0 Å². The lowest BCUT2D eigenvalue weighted by atomic mass is 10.1. The number of rotatable bonds is 3. The molecule has 0 atom stereocenters. The number of anilines is 2. The fourth-order valence-corrected chi connectivity index (χ4v) is 1.66. The summed E-state index contributed by atoms with van der Waals surface area (Å²) in [5.41, 5.74) is -0.731. The van der Waals surface area contributed by atoms with E-state index in [0.717, 1.165) is 18.2 Å². The van der Waals surface area contributed by atoms with Crippen LogP contribution in [0.1, 0.15) is 5.56 Å². The van der Waals surface area contributed by atoms with Crippen molar-refractivity contribution < 1.29 is 13.7 Å². The number of benzene rings is 2. The Balaban J connectivity index is 2.49. The molecule has 0 saturated heterocycles. The Morgan fingerprint density at radius 2 is 1.95 bits per heavy atom. The summed E-state index contributed by atoms with van der Waals surface area (Å²) in [7, 11) is 0. The van der Waals surface area contributed by atoms with Crippen molar-refractivity contribution in [1.82, 2.24) is 0 Å². The molecule has 0 amide bonds. The minimum absolute atomic E-state index is 0.0384. The highest BCUT2D eigenvalue weighted by Gasteiger charge is 2.20. The van der Waals surface area contributed by atoms with E-state index >= 15 is 0 Å². The van der Waals surface area contributed by atoms with Gasteiger partial charge in [-0.15, -0.1) is 0 Å². The van der Waals surface area contributed by atoms with E-state index < -0.39 is 22.2 Å². The molecule has 0 fully saturated rings. The summed E-state index contributed by atoms with van der Waals surface area (Å²) in [5.74, 6) is -1.61. The largest absolute Gasteiger partial charge is 0.349 e. The zero-order valence-corrected chi connectivity index (χ0v) is 9.93. The van der Waals surface area contributed by atoms with Crippen molar-refractivity contribution in [3.8, 4) is 6.07 Å². The molecule has 0 aromatic heterocycles. The van der Waals surface area contributed by atoms with E-state index in [1.807, 2.05) is 0 Å². The standard InChI is InChI=1S/C13H7F2N3O2/c14-9-4-5-11(8(6-9)7-16)17-12-3-1-2-10(15)13(12)18(19)20/h1-6,17H. The Kier molecular flexibility index (Phi) is 3.57. The molecule has 0 bridgehead atoms. The molecule has 7 heteroatoms. The van der Waals surface area contributed by atoms with Gasteiger partial charge < -0.3 is 5.32 Å². The average Bonchev–Trinajstić information content (AvgIpc) is 2.40. The van der Waals surface area contributed by atoms with Gasteiger partial charge in [0, 0.05) is 0 Å². The fraction of sp³-hybridized carbons (Fsp3) is 0. The van der Waals surface area contributed by atoms with Crippen molar-refractivity contribution in [1.29, 1.82) is 5.26 Å². The highest BCUT2D eigenvalue weighted by atomic mass is 19.1. The third-order valence-corrected chi connectivity index (χ3v) is 2.54. The van der Waals surface area contributed by atoms with Crippen molar-refractivity contribution in [3.05, 3.63) is 63.7 Å². The Hall–Kier alpha value is -3.01. The van der Waals surface area contributed by atoms with Crippen LogP contribution in [-0.4, -0.2) is 4.92 Å². The van der Waals surface area contributed by atoms with Gasteiger partial charge in [0.1, 0.15) is 17.6 Å². The zero-order valence-electron chi connectivity index (χ0n) is 9.93. The normalized spacial score (nSPS) is 9.85. The molecule has 0 aliphatic heterocycles. The summed E-state index contributed by atoms with van der Waals surface area (Å²) in [4.78, 5) is 9.97. The second-order valence-electron chi connectivity index (χ2n) is 3.82. The van der Waals surface area contributed by atoms with Crippen LogP contribution in [0.25, 0.3) is 0 Å². The maximum atomic E-state index is 13.4. The monoisotopic (exact) mass is 275 g/mol. The first kappa shape index (κ1) is 13.4. The summed E-state index contributed by atoms with van der Waals surface area (Å²) in [6.07, 6.45) is 0. The number of nitro groups is 1. The topological polar surface area (TPSA) is 79.0 Å². The predicted octanol–water partition coefficient (Wildman–Crippen LogP) is 3.49. The molecule has 1 N–H and O–H groups in total. The SMILES string of the molecule is N#Cc1cc(F)ccc1Nc1cccc(F)c1[N+](=O)[O-]. The van der Waals surface area contributed by atoms with Crippen molar-refractivity contribution in [2.75, 3.05) is 5.32 Å². The van der Waals surface area contributed by atoms with Crippen LogP contribution in [0.15, 0.2) is 36.4 Å². The van der Waals surface area contributed by atoms with Crippen LogP contribution in [0.2, 0.25) is 0 Å². The van der Waals surface area contributed by atoms with Gasteiger partial charge in [-0.3, -0.25) is 10.1 Å². The average molecular weight is 275 g/mol. The van der Waals surface area contributed by atoms with Gasteiger partial charge in [-0.1, -0.05) is 6.07 Å². The van der Waals surface area contributed by atoms with E-state index in [0.29, 0.717) is 0 Å². The molecule has 2 aromatic rings. The molecular formula is C13H7F2N3O2. The smallest absolute Gasteiger partial charge is 0.327 e. The van der Waals surface area contributed by atoms with Gasteiger partial charge in [0.05, 0.1) is 16.2 Å². The summed E-state index contributed by atoms with van der Waals surface area (Å²) < 4.78 is 26.4. The number of nitro benzene ring substituents is 1. The van der Waals surface area contributed by atoms with Crippen LogP contribution in [0, 0.1) is 33.1 Å². The number of nitrogens with zero attached hydrogens (tertiary/aromatic N) is 2. The number of nitriles is 1. The minimum Gasteiger partial charge on any atom is -0.349 e. The Morgan fingerprint density at radius 3 is 2.60 bits per heavy atom. The first-order valence-electron chi connectivity index (χ1n) is 5.42. The molecule has 0 radical (unpaired) electrons.